The Kier molecular flexibility index (Phi) is 10.2. The number of hydrogen-bond acceptors (Lipinski definition) is 8. The molecule has 2 aromatic rings. The molecular formula is C25H32ClN2O9P. The standard InChI is InChI=1S/C25H32ClN2O9P/c1-25(2,13-29)12-28-18-9-8-15(26)10-17(18)22(16-6-5-7-19(34-3)23(16)35-4)37-20(24(28)31)11-21(30)27-14-36-38(32)33/h5-10,20,22,29,38H,11-14H2,1-4H3,(H,27,30)(H,32,33)/t20-,22-/m1/s1. The average Bonchev–Trinajstić information content (AvgIpc) is 2.98. The van der Waals surface area contributed by atoms with E-state index >= 15 is 0 Å². The molecule has 13 heteroatoms. The first kappa shape index (κ1) is 29.9. The molecule has 3 N–H and O–H groups in total. The lowest BCUT2D eigenvalue weighted by molar-refractivity contribution is -0.138. The van der Waals surface area contributed by atoms with E-state index in [0.29, 0.717) is 33.3 Å². The second-order valence-corrected chi connectivity index (χ2v) is 10.7. The summed E-state index contributed by atoms with van der Waals surface area (Å²) in [6, 6.07) is 10.3. The fourth-order valence-corrected chi connectivity index (χ4v) is 4.50. The highest BCUT2D eigenvalue weighted by molar-refractivity contribution is 7.32. The van der Waals surface area contributed by atoms with E-state index in [1.165, 1.54) is 19.1 Å². The smallest absolute Gasteiger partial charge is 0.318 e. The van der Waals surface area contributed by atoms with Crippen molar-refractivity contribution in [2.24, 2.45) is 5.41 Å². The number of ether oxygens (including phenoxy) is 3. The quantitative estimate of drug-likeness (QED) is 0.274. The molecule has 1 heterocycles. The summed E-state index contributed by atoms with van der Waals surface area (Å²) in [5.41, 5.74) is 0.908. The molecule has 0 radical (unpaired) electrons. The number of rotatable bonds is 11. The zero-order valence-corrected chi connectivity index (χ0v) is 23.3. The first-order valence-corrected chi connectivity index (χ1v) is 13.4. The highest BCUT2D eigenvalue weighted by Crippen LogP contribution is 2.45. The molecule has 2 amide bonds. The normalized spacial score (nSPS) is 18.4. The average molecular weight is 571 g/mol. The van der Waals surface area contributed by atoms with Crippen LogP contribution < -0.4 is 19.7 Å². The minimum atomic E-state index is -3.24. The van der Waals surface area contributed by atoms with Gasteiger partial charge in [0.2, 0.25) is 5.91 Å². The molecule has 0 spiro atoms. The monoisotopic (exact) mass is 570 g/mol. The van der Waals surface area contributed by atoms with Crippen LogP contribution in [0.5, 0.6) is 11.5 Å². The van der Waals surface area contributed by atoms with Crippen molar-refractivity contribution in [2.45, 2.75) is 32.5 Å². The summed E-state index contributed by atoms with van der Waals surface area (Å²) in [6.07, 6.45) is -2.58. The Bertz CT molecular complexity index is 1190. The lowest BCUT2D eigenvalue weighted by Crippen LogP contribution is -2.46. The van der Waals surface area contributed by atoms with Crippen LogP contribution in [0.2, 0.25) is 5.02 Å². The van der Waals surface area contributed by atoms with Crippen LogP contribution in [0.25, 0.3) is 0 Å². The molecule has 0 aromatic heterocycles. The predicted octanol–water partition coefficient (Wildman–Crippen LogP) is 3.06. The fraction of sp³-hybridized carbons (Fsp3) is 0.440. The van der Waals surface area contributed by atoms with Gasteiger partial charge in [-0.25, -0.2) is 0 Å². The van der Waals surface area contributed by atoms with Crippen molar-refractivity contribution < 1.29 is 42.9 Å². The number of fused-ring (bicyclic) bond motifs is 1. The highest BCUT2D eigenvalue weighted by atomic mass is 35.5. The minimum Gasteiger partial charge on any atom is -0.493 e. The Labute approximate surface area is 226 Å². The number of carbonyl (C=O) groups excluding carboxylic acids is 2. The van der Waals surface area contributed by atoms with E-state index in [0.717, 1.165) is 0 Å². The van der Waals surface area contributed by atoms with E-state index in [4.69, 9.17) is 30.7 Å². The molecule has 1 aliphatic heterocycles. The van der Waals surface area contributed by atoms with Gasteiger partial charge in [0.05, 0.1) is 20.6 Å². The Hall–Kier alpha value is -2.66. The number of carbonyl (C=O) groups is 2. The molecule has 38 heavy (non-hydrogen) atoms. The molecule has 0 aliphatic carbocycles. The SMILES string of the molecule is COc1cccc([C@H]2O[C@H](CC(=O)NCO[PH](=O)O)C(=O)N(CC(C)(C)CO)c3ccc(Cl)cc32)c1OC. The molecule has 0 saturated heterocycles. The number of halogens is 1. The predicted molar refractivity (Wildman–Crippen MR) is 141 cm³/mol. The number of amides is 2. The molecule has 1 aliphatic rings. The van der Waals surface area contributed by atoms with Gasteiger partial charge in [-0.2, -0.15) is 0 Å². The second kappa shape index (κ2) is 12.9. The maximum absolute atomic E-state index is 13.9. The van der Waals surface area contributed by atoms with Crippen LogP contribution in [0.15, 0.2) is 36.4 Å². The Morgan fingerprint density at radius 1 is 1.21 bits per heavy atom. The van der Waals surface area contributed by atoms with Gasteiger partial charge in [0.1, 0.15) is 18.9 Å². The van der Waals surface area contributed by atoms with Gasteiger partial charge >= 0.3 is 8.25 Å². The number of nitrogens with one attached hydrogen (secondary N) is 1. The van der Waals surface area contributed by atoms with Crippen molar-refractivity contribution in [3.8, 4) is 11.5 Å². The van der Waals surface area contributed by atoms with Crippen LogP contribution >= 0.6 is 19.9 Å². The van der Waals surface area contributed by atoms with Gasteiger partial charge in [-0.15, -0.1) is 0 Å². The van der Waals surface area contributed by atoms with E-state index in [1.807, 2.05) is 0 Å². The van der Waals surface area contributed by atoms with Crippen LogP contribution in [0.3, 0.4) is 0 Å². The zero-order valence-electron chi connectivity index (χ0n) is 21.5. The Morgan fingerprint density at radius 2 is 1.95 bits per heavy atom. The van der Waals surface area contributed by atoms with Crippen molar-refractivity contribution in [1.29, 1.82) is 0 Å². The van der Waals surface area contributed by atoms with E-state index in [2.05, 4.69) is 9.84 Å². The zero-order chi connectivity index (χ0) is 28.0. The number of anilines is 1. The van der Waals surface area contributed by atoms with Gasteiger partial charge in [-0.05, 0) is 24.3 Å². The van der Waals surface area contributed by atoms with Crippen molar-refractivity contribution >= 4 is 37.4 Å². The Morgan fingerprint density at radius 3 is 2.58 bits per heavy atom. The highest BCUT2D eigenvalue weighted by Gasteiger charge is 2.40. The number of hydrogen-bond donors (Lipinski definition) is 3. The molecule has 208 valence electrons. The largest absolute Gasteiger partial charge is 0.493 e. The number of para-hydroxylation sites is 1. The summed E-state index contributed by atoms with van der Waals surface area (Å²) in [5, 5.41) is 12.7. The molecule has 11 nitrogen and oxygen atoms in total. The molecule has 3 atom stereocenters. The molecule has 0 bridgehead atoms. The first-order chi connectivity index (χ1) is 18.0. The summed E-state index contributed by atoms with van der Waals surface area (Å²) in [5.74, 6) is -0.316. The van der Waals surface area contributed by atoms with Crippen LogP contribution in [-0.4, -0.2) is 62.0 Å². The summed E-state index contributed by atoms with van der Waals surface area (Å²) in [4.78, 5) is 36.9. The van der Waals surface area contributed by atoms with Crippen molar-refractivity contribution in [2.75, 3.05) is 39.0 Å². The maximum Gasteiger partial charge on any atom is 0.318 e. The van der Waals surface area contributed by atoms with Crippen LogP contribution in [0.1, 0.15) is 37.5 Å². The van der Waals surface area contributed by atoms with E-state index in [1.54, 1.807) is 50.2 Å². The second-order valence-electron chi connectivity index (χ2n) is 9.40. The number of aliphatic hydroxyl groups is 1. The summed E-state index contributed by atoms with van der Waals surface area (Å²) < 4.78 is 32.8. The van der Waals surface area contributed by atoms with Crippen LogP contribution in [0, 0.1) is 5.41 Å². The lowest BCUT2D eigenvalue weighted by atomic mass is 9.92. The molecule has 1 unspecified atom stereocenters. The fourth-order valence-electron chi connectivity index (χ4n) is 4.12. The van der Waals surface area contributed by atoms with Crippen LogP contribution in [0.4, 0.5) is 5.69 Å². The van der Waals surface area contributed by atoms with Crippen molar-refractivity contribution in [1.82, 2.24) is 5.32 Å². The molecule has 0 fully saturated rings. The first-order valence-electron chi connectivity index (χ1n) is 11.7. The maximum atomic E-state index is 13.9. The van der Waals surface area contributed by atoms with E-state index < -0.39 is 50.8 Å². The summed E-state index contributed by atoms with van der Waals surface area (Å²) in [6.45, 7) is 3.03. The summed E-state index contributed by atoms with van der Waals surface area (Å²) in [7, 11) is -0.261. The summed E-state index contributed by atoms with van der Waals surface area (Å²) >= 11 is 6.39. The van der Waals surface area contributed by atoms with E-state index in [9.17, 15) is 19.3 Å². The van der Waals surface area contributed by atoms with Gasteiger partial charge in [0.15, 0.2) is 11.5 Å². The van der Waals surface area contributed by atoms with Crippen molar-refractivity contribution in [3.63, 3.8) is 0 Å². The third-order valence-electron chi connectivity index (χ3n) is 5.97. The Balaban J connectivity index is 2.14. The molecule has 2 aromatic carbocycles. The number of aliphatic hydroxyl groups excluding tert-OH is 1. The third-order valence-corrected chi connectivity index (χ3v) is 6.60. The van der Waals surface area contributed by atoms with E-state index in [-0.39, 0.29) is 13.2 Å². The molecule has 0 saturated carbocycles. The molecule has 3 rings (SSSR count). The number of benzene rings is 2. The number of methoxy groups -OCH3 is 2. The third kappa shape index (κ3) is 7.05. The van der Waals surface area contributed by atoms with Gasteiger partial charge in [-0.3, -0.25) is 18.7 Å². The van der Waals surface area contributed by atoms with Crippen LogP contribution in [-0.2, 0) is 23.4 Å². The lowest BCUT2D eigenvalue weighted by Gasteiger charge is -2.32. The van der Waals surface area contributed by atoms with Gasteiger partial charge in [0.25, 0.3) is 5.91 Å². The topological polar surface area (TPSA) is 144 Å². The van der Waals surface area contributed by atoms with Gasteiger partial charge in [0, 0.05) is 40.4 Å². The van der Waals surface area contributed by atoms with Gasteiger partial charge < -0.3 is 34.4 Å². The van der Waals surface area contributed by atoms with Crippen molar-refractivity contribution in [3.05, 3.63) is 52.5 Å². The minimum absolute atomic E-state index is 0.121. The number of nitrogens with zero attached hydrogens (tertiary/aromatic N) is 1. The molecular weight excluding hydrogens is 539 g/mol. The van der Waals surface area contributed by atoms with Gasteiger partial charge in [-0.1, -0.05) is 37.6 Å².